The number of hydrogen-bond acceptors (Lipinski definition) is 2. The number of fused-ring (bicyclic) bond motifs is 5. The van der Waals surface area contributed by atoms with E-state index in [-0.39, 0.29) is 29.7 Å². The number of likely N-dealkylation sites (tertiary alicyclic amines) is 1. The van der Waals surface area contributed by atoms with E-state index in [4.69, 9.17) is 0 Å². The van der Waals surface area contributed by atoms with E-state index in [1.807, 2.05) is 0 Å². The summed E-state index contributed by atoms with van der Waals surface area (Å²) in [6.45, 7) is 0. The Morgan fingerprint density at radius 3 is 2.00 bits per heavy atom. The number of carbonyl (C=O) groups excluding carboxylic acids is 2. The standard InChI is InChI=1S/C14H17NO2/c16-13-11-8-5-6-9(7-8)12(11)14(17)15(13)10-3-1-2-4-10/h5-6,8-12H,1-4,7H2/t8-,9-,11-,12-/m0/s1. The molecule has 0 aromatic heterocycles. The lowest BCUT2D eigenvalue weighted by Crippen LogP contribution is -2.40. The number of carbonyl (C=O) groups is 2. The van der Waals surface area contributed by atoms with Gasteiger partial charge in [0.25, 0.3) is 0 Å². The molecule has 0 N–H and O–H groups in total. The van der Waals surface area contributed by atoms with Crippen LogP contribution in [0.1, 0.15) is 32.1 Å². The molecule has 3 heteroatoms. The van der Waals surface area contributed by atoms with Crippen LogP contribution in [0.5, 0.6) is 0 Å². The number of hydrogen-bond donors (Lipinski definition) is 0. The highest BCUT2D eigenvalue weighted by Crippen LogP contribution is 2.53. The van der Waals surface area contributed by atoms with Crippen LogP contribution in [-0.2, 0) is 9.59 Å². The average Bonchev–Trinajstić information content (AvgIpc) is 3.03. The highest BCUT2D eigenvalue weighted by molar-refractivity contribution is 6.06. The molecule has 0 spiro atoms. The summed E-state index contributed by atoms with van der Waals surface area (Å²) < 4.78 is 0. The van der Waals surface area contributed by atoms with Gasteiger partial charge in [-0.1, -0.05) is 25.0 Å². The highest BCUT2D eigenvalue weighted by Gasteiger charge is 2.60. The predicted molar refractivity (Wildman–Crippen MR) is 61.8 cm³/mol. The van der Waals surface area contributed by atoms with E-state index >= 15 is 0 Å². The SMILES string of the molecule is O=C1[C@@H]2[C@@H](C(=O)N1C1CCCC1)[C@H]1C=C[C@H]2C1. The monoisotopic (exact) mass is 231 g/mol. The van der Waals surface area contributed by atoms with Crippen LogP contribution in [0.3, 0.4) is 0 Å². The van der Waals surface area contributed by atoms with Gasteiger partial charge in [-0.25, -0.2) is 0 Å². The van der Waals surface area contributed by atoms with Crippen molar-refractivity contribution in [2.75, 3.05) is 0 Å². The quantitative estimate of drug-likeness (QED) is 0.509. The van der Waals surface area contributed by atoms with Gasteiger partial charge in [-0.2, -0.15) is 0 Å². The Bertz CT molecular complexity index is 392. The maximum absolute atomic E-state index is 12.4. The Balaban J connectivity index is 1.68. The fourth-order valence-electron chi connectivity index (χ4n) is 4.45. The first-order valence-corrected chi connectivity index (χ1v) is 6.82. The van der Waals surface area contributed by atoms with Crippen LogP contribution in [0.4, 0.5) is 0 Å². The van der Waals surface area contributed by atoms with Crippen molar-refractivity contribution in [3.63, 3.8) is 0 Å². The van der Waals surface area contributed by atoms with Gasteiger partial charge in [-0.15, -0.1) is 0 Å². The van der Waals surface area contributed by atoms with Gasteiger partial charge in [-0.3, -0.25) is 14.5 Å². The second kappa shape index (κ2) is 3.21. The van der Waals surface area contributed by atoms with E-state index in [1.54, 1.807) is 4.90 Å². The third-order valence-electron chi connectivity index (χ3n) is 5.19. The van der Waals surface area contributed by atoms with Gasteiger partial charge < -0.3 is 0 Å². The van der Waals surface area contributed by atoms with Crippen molar-refractivity contribution in [1.29, 1.82) is 0 Å². The normalized spacial score (nSPS) is 44.1. The maximum atomic E-state index is 12.4. The third-order valence-corrected chi connectivity index (χ3v) is 5.19. The number of allylic oxidation sites excluding steroid dienone is 2. The molecule has 1 heterocycles. The molecule has 3 aliphatic carbocycles. The van der Waals surface area contributed by atoms with Crippen LogP contribution in [0.2, 0.25) is 0 Å². The van der Waals surface area contributed by atoms with E-state index in [9.17, 15) is 9.59 Å². The number of rotatable bonds is 1. The fraction of sp³-hybridized carbons (Fsp3) is 0.714. The van der Waals surface area contributed by atoms with Crippen molar-refractivity contribution in [2.24, 2.45) is 23.7 Å². The Morgan fingerprint density at radius 2 is 1.47 bits per heavy atom. The minimum absolute atomic E-state index is 0.00176. The Labute approximate surface area is 101 Å². The zero-order chi connectivity index (χ0) is 11.6. The average molecular weight is 231 g/mol. The Hall–Kier alpha value is -1.12. The summed E-state index contributed by atoms with van der Waals surface area (Å²) in [4.78, 5) is 26.5. The van der Waals surface area contributed by atoms with Gasteiger partial charge >= 0.3 is 0 Å². The van der Waals surface area contributed by atoms with E-state index in [2.05, 4.69) is 12.2 Å². The third kappa shape index (κ3) is 1.12. The molecule has 3 fully saturated rings. The molecule has 4 aliphatic rings. The zero-order valence-corrected chi connectivity index (χ0v) is 9.84. The van der Waals surface area contributed by atoms with E-state index in [1.165, 1.54) is 12.8 Å². The summed E-state index contributed by atoms with van der Waals surface area (Å²) in [7, 11) is 0. The second-order valence-corrected chi connectivity index (χ2v) is 5.98. The summed E-state index contributed by atoms with van der Waals surface area (Å²) in [5, 5.41) is 0. The summed E-state index contributed by atoms with van der Waals surface area (Å²) in [5.41, 5.74) is 0. The van der Waals surface area contributed by atoms with Gasteiger partial charge in [0.1, 0.15) is 0 Å². The van der Waals surface area contributed by atoms with Gasteiger partial charge in [0.2, 0.25) is 11.8 Å². The number of nitrogens with zero attached hydrogens (tertiary/aromatic N) is 1. The van der Waals surface area contributed by atoms with Crippen LogP contribution in [0, 0.1) is 23.7 Å². The molecule has 4 rings (SSSR count). The highest BCUT2D eigenvalue weighted by atomic mass is 16.2. The van der Waals surface area contributed by atoms with E-state index in [0.29, 0.717) is 11.8 Å². The van der Waals surface area contributed by atoms with Crippen molar-refractivity contribution in [2.45, 2.75) is 38.1 Å². The van der Waals surface area contributed by atoms with Crippen LogP contribution >= 0.6 is 0 Å². The van der Waals surface area contributed by atoms with Gasteiger partial charge in [0, 0.05) is 6.04 Å². The molecule has 0 unspecified atom stereocenters. The van der Waals surface area contributed by atoms with Crippen molar-refractivity contribution in [1.82, 2.24) is 4.90 Å². The van der Waals surface area contributed by atoms with Crippen molar-refractivity contribution >= 4 is 11.8 Å². The Kier molecular flexibility index (Phi) is 1.86. The van der Waals surface area contributed by atoms with Crippen LogP contribution in [0.25, 0.3) is 0 Å². The summed E-state index contributed by atoms with van der Waals surface area (Å²) in [6, 6.07) is 0.222. The molecular weight excluding hydrogens is 214 g/mol. The maximum Gasteiger partial charge on any atom is 0.233 e. The molecule has 2 amide bonds. The molecule has 3 nitrogen and oxygen atoms in total. The van der Waals surface area contributed by atoms with E-state index in [0.717, 1.165) is 19.3 Å². The molecule has 4 atom stereocenters. The molecule has 0 aromatic rings. The summed E-state index contributed by atoms with van der Waals surface area (Å²) >= 11 is 0. The van der Waals surface area contributed by atoms with Gasteiger partial charge in [0.15, 0.2) is 0 Å². The van der Waals surface area contributed by atoms with Crippen molar-refractivity contribution < 1.29 is 9.59 Å². The lowest BCUT2D eigenvalue weighted by molar-refractivity contribution is -0.143. The molecule has 1 aliphatic heterocycles. The lowest BCUT2D eigenvalue weighted by Gasteiger charge is -2.23. The first-order valence-electron chi connectivity index (χ1n) is 6.82. The lowest BCUT2D eigenvalue weighted by atomic mass is 9.85. The van der Waals surface area contributed by atoms with Crippen molar-refractivity contribution in [3.05, 3.63) is 12.2 Å². The summed E-state index contributed by atoms with van der Waals surface area (Å²) in [6.07, 6.45) is 9.75. The summed E-state index contributed by atoms with van der Waals surface area (Å²) in [5.74, 6) is 0.990. The zero-order valence-electron chi connectivity index (χ0n) is 9.84. The molecule has 90 valence electrons. The largest absolute Gasteiger partial charge is 0.279 e. The van der Waals surface area contributed by atoms with Crippen LogP contribution in [-0.4, -0.2) is 22.8 Å². The smallest absolute Gasteiger partial charge is 0.233 e. The van der Waals surface area contributed by atoms with Crippen LogP contribution in [0.15, 0.2) is 12.2 Å². The number of imide groups is 1. The molecule has 0 radical (unpaired) electrons. The second-order valence-electron chi connectivity index (χ2n) is 5.98. The molecule has 1 saturated heterocycles. The predicted octanol–water partition coefficient (Wildman–Crippen LogP) is 1.74. The Morgan fingerprint density at radius 1 is 0.941 bits per heavy atom. The molecular formula is C14H17NO2. The molecule has 0 aromatic carbocycles. The minimum Gasteiger partial charge on any atom is -0.279 e. The van der Waals surface area contributed by atoms with Crippen LogP contribution < -0.4 is 0 Å². The van der Waals surface area contributed by atoms with Gasteiger partial charge in [-0.05, 0) is 31.1 Å². The molecule has 2 saturated carbocycles. The van der Waals surface area contributed by atoms with Gasteiger partial charge in [0.05, 0.1) is 11.8 Å². The minimum atomic E-state index is -0.00176. The molecule has 17 heavy (non-hydrogen) atoms. The van der Waals surface area contributed by atoms with Crippen molar-refractivity contribution in [3.8, 4) is 0 Å². The molecule has 2 bridgehead atoms. The topological polar surface area (TPSA) is 37.4 Å². The van der Waals surface area contributed by atoms with E-state index < -0.39 is 0 Å². The first kappa shape index (κ1) is 9.86. The fourth-order valence-corrected chi connectivity index (χ4v) is 4.45. The number of amides is 2. The first-order chi connectivity index (χ1) is 8.27.